The molecule has 0 bridgehead atoms. The number of nitrogens with one attached hydrogen (secondary N) is 1. The Kier molecular flexibility index (Phi) is 5.59. The standard InChI is InChI=1S/C15H22N2O5S/c1-9-16-11(8-23-9)13(18)21-12-7-10(5-6-20-12)17-14(19)22-15(2,3)4/h8,10,12H,5-7H2,1-4H3,(H,17,19). The molecular formula is C15H22N2O5S. The quantitative estimate of drug-likeness (QED) is 0.850. The largest absolute Gasteiger partial charge is 0.444 e. The van der Waals surface area contributed by atoms with Crippen molar-refractivity contribution < 1.29 is 23.8 Å². The van der Waals surface area contributed by atoms with Crippen LogP contribution in [0.5, 0.6) is 0 Å². The first kappa shape index (κ1) is 17.7. The van der Waals surface area contributed by atoms with Crippen molar-refractivity contribution in [2.24, 2.45) is 0 Å². The van der Waals surface area contributed by atoms with Gasteiger partial charge < -0.3 is 19.5 Å². The number of rotatable bonds is 3. The fourth-order valence-electron chi connectivity index (χ4n) is 2.08. The third-order valence-electron chi connectivity index (χ3n) is 3.03. The SMILES string of the molecule is Cc1nc(C(=O)OC2CC(NC(=O)OC(C)(C)C)CCO2)cs1. The Labute approximate surface area is 139 Å². The molecule has 0 saturated carbocycles. The first-order valence-corrected chi connectivity index (χ1v) is 8.35. The van der Waals surface area contributed by atoms with Gasteiger partial charge in [0, 0.05) is 17.8 Å². The average Bonchev–Trinajstić information content (AvgIpc) is 2.83. The van der Waals surface area contributed by atoms with E-state index in [1.807, 2.05) is 6.92 Å². The second kappa shape index (κ2) is 7.27. The Morgan fingerprint density at radius 3 is 2.78 bits per heavy atom. The van der Waals surface area contributed by atoms with Crippen molar-refractivity contribution in [3.63, 3.8) is 0 Å². The van der Waals surface area contributed by atoms with Crippen LogP contribution in [0.3, 0.4) is 0 Å². The molecule has 0 aliphatic carbocycles. The summed E-state index contributed by atoms with van der Waals surface area (Å²) in [4.78, 5) is 27.8. The summed E-state index contributed by atoms with van der Waals surface area (Å²) in [5.41, 5.74) is -0.276. The van der Waals surface area contributed by atoms with E-state index in [4.69, 9.17) is 14.2 Å². The lowest BCUT2D eigenvalue weighted by atomic mass is 10.1. The fourth-order valence-corrected chi connectivity index (χ4v) is 2.67. The molecule has 2 heterocycles. The molecule has 128 valence electrons. The number of carbonyl (C=O) groups excluding carboxylic acids is 2. The minimum Gasteiger partial charge on any atom is -0.444 e. The summed E-state index contributed by atoms with van der Waals surface area (Å²) in [7, 11) is 0. The maximum absolute atomic E-state index is 12.0. The highest BCUT2D eigenvalue weighted by atomic mass is 32.1. The zero-order valence-electron chi connectivity index (χ0n) is 13.8. The van der Waals surface area contributed by atoms with E-state index in [0.717, 1.165) is 5.01 Å². The fraction of sp³-hybridized carbons (Fsp3) is 0.667. The molecule has 1 saturated heterocycles. The van der Waals surface area contributed by atoms with E-state index in [-0.39, 0.29) is 11.7 Å². The Balaban J connectivity index is 1.83. The van der Waals surface area contributed by atoms with Crippen molar-refractivity contribution in [1.82, 2.24) is 10.3 Å². The molecule has 1 amide bonds. The number of nitrogens with zero attached hydrogens (tertiary/aromatic N) is 1. The summed E-state index contributed by atoms with van der Waals surface area (Å²) in [6.07, 6.45) is -0.153. The van der Waals surface area contributed by atoms with Crippen LogP contribution < -0.4 is 5.32 Å². The Bertz CT molecular complexity index is 566. The monoisotopic (exact) mass is 342 g/mol. The van der Waals surface area contributed by atoms with Crippen molar-refractivity contribution in [2.75, 3.05) is 6.61 Å². The molecule has 0 spiro atoms. The summed E-state index contributed by atoms with van der Waals surface area (Å²) in [6.45, 7) is 7.62. The lowest BCUT2D eigenvalue weighted by Crippen LogP contribution is -2.45. The number of esters is 1. The molecule has 1 aliphatic heterocycles. The van der Waals surface area contributed by atoms with Crippen molar-refractivity contribution in [2.45, 2.75) is 58.5 Å². The summed E-state index contributed by atoms with van der Waals surface area (Å²) in [6, 6.07) is -0.159. The number of amides is 1. The number of aryl methyl sites for hydroxylation is 1. The molecule has 1 aliphatic rings. The van der Waals surface area contributed by atoms with Gasteiger partial charge in [-0.15, -0.1) is 11.3 Å². The van der Waals surface area contributed by atoms with E-state index >= 15 is 0 Å². The van der Waals surface area contributed by atoms with Crippen LogP contribution in [0.4, 0.5) is 4.79 Å². The minimum atomic E-state index is -0.696. The number of thiazole rings is 1. The second-order valence-corrected chi connectivity index (χ2v) is 7.39. The minimum absolute atomic E-state index is 0.159. The lowest BCUT2D eigenvalue weighted by Gasteiger charge is -2.30. The van der Waals surface area contributed by atoms with Gasteiger partial charge in [0.25, 0.3) is 0 Å². The Morgan fingerprint density at radius 1 is 1.43 bits per heavy atom. The summed E-state index contributed by atoms with van der Waals surface area (Å²) in [5.74, 6) is -0.516. The average molecular weight is 342 g/mol. The van der Waals surface area contributed by atoms with Gasteiger partial charge >= 0.3 is 12.1 Å². The van der Waals surface area contributed by atoms with Gasteiger partial charge in [-0.2, -0.15) is 0 Å². The van der Waals surface area contributed by atoms with E-state index in [1.54, 1.807) is 26.2 Å². The van der Waals surface area contributed by atoms with E-state index in [1.165, 1.54) is 11.3 Å². The highest BCUT2D eigenvalue weighted by Crippen LogP contribution is 2.18. The normalized spacial score (nSPS) is 21.6. The first-order chi connectivity index (χ1) is 10.7. The number of hydrogen-bond acceptors (Lipinski definition) is 7. The van der Waals surface area contributed by atoms with Crippen LogP contribution in [0, 0.1) is 6.92 Å². The van der Waals surface area contributed by atoms with Gasteiger partial charge in [0.15, 0.2) is 5.69 Å². The third kappa shape index (κ3) is 5.80. The topological polar surface area (TPSA) is 86.8 Å². The highest BCUT2D eigenvalue weighted by Gasteiger charge is 2.29. The molecule has 7 nitrogen and oxygen atoms in total. The van der Waals surface area contributed by atoms with Gasteiger partial charge in [0.05, 0.1) is 11.6 Å². The molecule has 1 aromatic rings. The molecule has 23 heavy (non-hydrogen) atoms. The van der Waals surface area contributed by atoms with Gasteiger partial charge in [-0.3, -0.25) is 0 Å². The van der Waals surface area contributed by atoms with Crippen molar-refractivity contribution >= 4 is 23.4 Å². The zero-order valence-corrected chi connectivity index (χ0v) is 14.6. The molecule has 8 heteroatoms. The van der Waals surface area contributed by atoms with Gasteiger partial charge in [-0.05, 0) is 34.1 Å². The maximum Gasteiger partial charge on any atom is 0.407 e. The van der Waals surface area contributed by atoms with Crippen LogP contribution in [0.2, 0.25) is 0 Å². The first-order valence-electron chi connectivity index (χ1n) is 7.47. The predicted molar refractivity (Wildman–Crippen MR) is 84.4 cm³/mol. The third-order valence-corrected chi connectivity index (χ3v) is 3.81. The number of ether oxygens (including phenoxy) is 3. The van der Waals surface area contributed by atoms with E-state index < -0.39 is 24.0 Å². The van der Waals surface area contributed by atoms with Crippen LogP contribution >= 0.6 is 11.3 Å². The number of aromatic nitrogens is 1. The van der Waals surface area contributed by atoms with Gasteiger partial charge in [-0.25, -0.2) is 14.6 Å². The number of alkyl carbamates (subject to hydrolysis) is 1. The molecule has 2 rings (SSSR count). The summed E-state index contributed by atoms with van der Waals surface area (Å²) in [5, 5.41) is 5.22. The summed E-state index contributed by atoms with van der Waals surface area (Å²) >= 11 is 1.38. The number of carbonyl (C=O) groups is 2. The molecule has 0 radical (unpaired) electrons. The maximum atomic E-state index is 12.0. The van der Waals surface area contributed by atoms with Crippen LogP contribution in [-0.2, 0) is 14.2 Å². The van der Waals surface area contributed by atoms with Crippen LogP contribution in [0.15, 0.2) is 5.38 Å². The second-order valence-electron chi connectivity index (χ2n) is 6.32. The highest BCUT2D eigenvalue weighted by molar-refractivity contribution is 7.09. The molecule has 2 unspecified atom stereocenters. The summed E-state index contributed by atoms with van der Waals surface area (Å²) < 4.78 is 15.9. The van der Waals surface area contributed by atoms with E-state index in [9.17, 15) is 9.59 Å². The van der Waals surface area contributed by atoms with Crippen LogP contribution in [-0.4, -0.2) is 41.6 Å². The van der Waals surface area contributed by atoms with E-state index in [0.29, 0.717) is 19.4 Å². The molecule has 0 aromatic carbocycles. The molecule has 1 fully saturated rings. The van der Waals surface area contributed by atoms with Crippen LogP contribution in [0.25, 0.3) is 0 Å². The Hall–Kier alpha value is -1.67. The van der Waals surface area contributed by atoms with Crippen molar-refractivity contribution in [1.29, 1.82) is 0 Å². The molecule has 2 atom stereocenters. The van der Waals surface area contributed by atoms with Crippen LogP contribution in [0.1, 0.15) is 49.1 Å². The van der Waals surface area contributed by atoms with Gasteiger partial charge in [0.2, 0.25) is 6.29 Å². The van der Waals surface area contributed by atoms with Crippen molar-refractivity contribution in [3.8, 4) is 0 Å². The van der Waals surface area contributed by atoms with E-state index in [2.05, 4.69) is 10.3 Å². The number of hydrogen-bond donors (Lipinski definition) is 1. The van der Waals surface area contributed by atoms with Crippen molar-refractivity contribution in [3.05, 3.63) is 16.1 Å². The predicted octanol–water partition coefficient (Wildman–Crippen LogP) is 2.64. The lowest BCUT2D eigenvalue weighted by molar-refractivity contribution is -0.137. The molecule has 1 N–H and O–H groups in total. The van der Waals surface area contributed by atoms with Gasteiger partial charge in [0.1, 0.15) is 5.60 Å². The van der Waals surface area contributed by atoms with Gasteiger partial charge in [-0.1, -0.05) is 0 Å². The smallest absolute Gasteiger partial charge is 0.407 e. The molecule has 1 aromatic heterocycles. The zero-order chi connectivity index (χ0) is 17.0. The Morgan fingerprint density at radius 2 is 2.17 bits per heavy atom. The molecular weight excluding hydrogens is 320 g/mol.